The number of hydrogen-bond donors (Lipinski definition) is 0. The molecule has 0 saturated heterocycles. The lowest BCUT2D eigenvalue weighted by Crippen LogP contribution is -1.98. The van der Waals surface area contributed by atoms with E-state index in [1.54, 1.807) is 0 Å². The lowest BCUT2D eigenvalue weighted by molar-refractivity contribution is 1.14. The third-order valence-electron chi connectivity index (χ3n) is 8.10. The van der Waals surface area contributed by atoms with E-state index in [1.165, 1.54) is 69.5 Å². The summed E-state index contributed by atoms with van der Waals surface area (Å²) in [4.78, 5) is 0. The quantitative estimate of drug-likeness (QED) is 0.217. The van der Waals surface area contributed by atoms with E-state index in [1.807, 2.05) is 11.3 Å². The zero-order valence-electron chi connectivity index (χ0n) is 21.0. The monoisotopic (exact) mass is 514 g/mol. The molecule has 39 heavy (non-hydrogen) atoms. The van der Waals surface area contributed by atoms with Gasteiger partial charge in [0, 0.05) is 53.1 Å². The first-order chi connectivity index (χ1) is 19.4. The Labute approximate surface area is 228 Å². The van der Waals surface area contributed by atoms with E-state index in [-0.39, 0.29) is 0 Å². The van der Waals surface area contributed by atoms with Gasteiger partial charge in [-0.3, -0.25) is 0 Å². The van der Waals surface area contributed by atoms with Crippen molar-refractivity contribution in [3.8, 4) is 11.4 Å². The van der Waals surface area contributed by atoms with Crippen molar-refractivity contribution in [3.63, 3.8) is 0 Å². The lowest BCUT2D eigenvalue weighted by Gasteiger charge is -2.13. The zero-order valence-corrected chi connectivity index (χ0v) is 21.8. The molecule has 0 bridgehead atoms. The summed E-state index contributed by atoms with van der Waals surface area (Å²) in [6.07, 6.45) is 0. The molecule has 0 aliphatic heterocycles. The molecule has 3 heteroatoms. The maximum absolute atomic E-state index is 2.48. The summed E-state index contributed by atoms with van der Waals surface area (Å²) < 4.78 is 7.53. The number of fused-ring (bicyclic) bond motifs is 10. The largest absolute Gasteiger partial charge is 0.309 e. The van der Waals surface area contributed by atoms with Crippen molar-refractivity contribution in [2.24, 2.45) is 0 Å². The van der Waals surface area contributed by atoms with Crippen LogP contribution in [0.25, 0.3) is 75.2 Å². The molecule has 0 fully saturated rings. The first-order valence-corrected chi connectivity index (χ1v) is 14.1. The van der Waals surface area contributed by atoms with Gasteiger partial charge >= 0.3 is 0 Å². The van der Waals surface area contributed by atoms with Crippen molar-refractivity contribution in [2.75, 3.05) is 0 Å². The first-order valence-electron chi connectivity index (χ1n) is 13.3. The highest BCUT2D eigenvalue weighted by atomic mass is 32.1. The summed E-state index contributed by atoms with van der Waals surface area (Å²) in [5.74, 6) is 0. The van der Waals surface area contributed by atoms with Crippen LogP contribution in [0, 0.1) is 0 Å². The van der Waals surface area contributed by atoms with Gasteiger partial charge in [-0.1, -0.05) is 84.9 Å². The van der Waals surface area contributed by atoms with Gasteiger partial charge in [0.1, 0.15) is 0 Å². The van der Waals surface area contributed by atoms with Crippen molar-refractivity contribution >= 4 is 75.1 Å². The molecule has 0 radical (unpaired) electrons. The highest BCUT2D eigenvalue weighted by molar-refractivity contribution is 7.26. The molecule has 3 aromatic heterocycles. The molecule has 9 rings (SSSR count). The van der Waals surface area contributed by atoms with Crippen LogP contribution in [0.5, 0.6) is 0 Å². The SMILES string of the molecule is c1cc(-n2c3ccccc3c3ccccc32)cc(-n2c3ccccc3c3ccc4sc5ccccc5c4c32)c1. The van der Waals surface area contributed by atoms with Gasteiger partial charge in [-0.05, 0) is 48.5 Å². The van der Waals surface area contributed by atoms with E-state index in [4.69, 9.17) is 0 Å². The molecule has 2 nitrogen and oxygen atoms in total. The Kier molecular flexibility index (Phi) is 4.24. The van der Waals surface area contributed by atoms with E-state index in [9.17, 15) is 0 Å². The van der Waals surface area contributed by atoms with Gasteiger partial charge in [0.15, 0.2) is 0 Å². The molecular formula is C36H22N2S. The van der Waals surface area contributed by atoms with Crippen molar-refractivity contribution < 1.29 is 0 Å². The molecule has 0 aliphatic rings. The molecule has 0 amide bonds. The predicted octanol–water partition coefficient (Wildman–Crippen LogP) is 10.2. The van der Waals surface area contributed by atoms with Crippen LogP contribution in [-0.2, 0) is 0 Å². The van der Waals surface area contributed by atoms with Crippen LogP contribution in [0.15, 0.2) is 133 Å². The van der Waals surface area contributed by atoms with Crippen molar-refractivity contribution in [3.05, 3.63) is 133 Å². The Balaban J connectivity index is 1.42. The van der Waals surface area contributed by atoms with Crippen molar-refractivity contribution in [1.82, 2.24) is 9.13 Å². The van der Waals surface area contributed by atoms with E-state index in [2.05, 4.69) is 143 Å². The van der Waals surface area contributed by atoms with Crippen molar-refractivity contribution in [1.29, 1.82) is 0 Å². The van der Waals surface area contributed by atoms with Gasteiger partial charge < -0.3 is 9.13 Å². The Bertz CT molecular complexity index is 2350. The number of benzene rings is 6. The molecule has 6 aromatic carbocycles. The standard InChI is InChI=1S/C36H22N2S/c1-5-16-30-25(12-1)26-13-2-6-17-31(26)37(30)23-10-9-11-24(22-23)38-32-18-7-3-14-27(32)28-20-21-34-35(36(28)38)29-15-4-8-19-33(29)39-34/h1-22H. The summed E-state index contributed by atoms with van der Waals surface area (Å²) in [5, 5.41) is 7.80. The highest BCUT2D eigenvalue weighted by Gasteiger charge is 2.19. The molecule has 0 N–H and O–H groups in total. The average molecular weight is 515 g/mol. The Hall–Kier alpha value is -4.86. The molecule has 0 aliphatic carbocycles. The predicted molar refractivity (Wildman–Crippen MR) is 168 cm³/mol. The fourth-order valence-electron chi connectivity index (χ4n) is 6.51. The van der Waals surface area contributed by atoms with Crippen LogP contribution in [0.1, 0.15) is 0 Å². The second-order valence-electron chi connectivity index (χ2n) is 10.2. The molecular weight excluding hydrogens is 492 g/mol. The smallest absolute Gasteiger partial charge is 0.0634 e. The zero-order chi connectivity index (χ0) is 25.5. The number of para-hydroxylation sites is 3. The van der Waals surface area contributed by atoms with Crippen LogP contribution in [0.3, 0.4) is 0 Å². The van der Waals surface area contributed by atoms with E-state index < -0.39 is 0 Å². The van der Waals surface area contributed by atoms with E-state index in [0.717, 1.165) is 5.69 Å². The van der Waals surface area contributed by atoms with E-state index >= 15 is 0 Å². The Morgan fingerprint density at radius 2 is 0.923 bits per heavy atom. The number of aromatic nitrogens is 2. The molecule has 0 unspecified atom stereocenters. The molecule has 0 spiro atoms. The molecule has 182 valence electrons. The maximum Gasteiger partial charge on any atom is 0.0634 e. The van der Waals surface area contributed by atoms with Crippen LogP contribution < -0.4 is 0 Å². The van der Waals surface area contributed by atoms with E-state index in [0.29, 0.717) is 0 Å². The van der Waals surface area contributed by atoms with Gasteiger partial charge in [-0.25, -0.2) is 0 Å². The fraction of sp³-hybridized carbons (Fsp3) is 0. The second-order valence-corrected chi connectivity index (χ2v) is 11.3. The summed E-state index contributed by atoms with van der Waals surface area (Å²) in [6, 6.07) is 48.7. The normalized spacial score (nSPS) is 12.1. The fourth-order valence-corrected chi connectivity index (χ4v) is 7.61. The Morgan fingerprint density at radius 3 is 1.62 bits per heavy atom. The summed E-state index contributed by atoms with van der Waals surface area (Å²) in [5.41, 5.74) is 7.30. The topological polar surface area (TPSA) is 9.86 Å². The number of thiophene rings is 1. The third-order valence-corrected chi connectivity index (χ3v) is 9.24. The van der Waals surface area contributed by atoms with Gasteiger partial charge in [-0.15, -0.1) is 11.3 Å². The third kappa shape index (κ3) is 2.85. The minimum absolute atomic E-state index is 1.16. The van der Waals surface area contributed by atoms with Gasteiger partial charge in [0.25, 0.3) is 0 Å². The number of rotatable bonds is 2. The Morgan fingerprint density at radius 1 is 0.385 bits per heavy atom. The van der Waals surface area contributed by atoms with Gasteiger partial charge in [0.2, 0.25) is 0 Å². The maximum atomic E-state index is 2.48. The first kappa shape index (κ1) is 21.1. The summed E-state index contributed by atoms with van der Waals surface area (Å²) in [7, 11) is 0. The minimum atomic E-state index is 1.16. The van der Waals surface area contributed by atoms with Crippen LogP contribution >= 0.6 is 11.3 Å². The lowest BCUT2D eigenvalue weighted by atomic mass is 10.1. The minimum Gasteiger partial charge on any atom is -0.309 e. The molecule has 0 saturated carbocycles. The van der Waals surface area contributed by atoms with Gasteiger partial charge in [-0.2, -0.15) is 0 Å². The van der Waals surface area contributed by atoms with Crippen LogP contribution in [0.2, 0.25) is 0 Å². The van der Waals surface area contributed by atoms with Gasteiger partial charge in [0.05, 0.1) is 22.1 Å². The van der Waals surface area contributed by atoms with Crippen LogP contribution in [-0.4, -0.2) is 9.13 Å². The summed E-state index contributed by atoms with van der Waals surface area (Å²) in [6.45, 7) is 0. The molecule has 0 atom stereocenters. The number of nitrogens with zero attached hydrogens (tertiary/aromatic N) is 2. The second kappa shape index (κ2) is 7.83. The average Bonchev–Trinajstić information content (AvgIpc) is 3.65. The highest BCUT2D eigenvalue weighted by Crippen LogP contribution is 2.43. The molecule has 9 aromatic rings. The van der Waals surface area contributed by atoms with Crippen molar-refractivity contribution in [2.45, 2.75) is 0 Å². The summed E-state index contributed by atoms with van der Waals surface area (Å²) >= 11 is 1.88. The van der Waals surface area contributed by atoms with Crippen LogP contribution in [0.4, 0.5) is 0 Å². The molecule has 3 heterocycles. The number of hydrogen-bond acceptors (Lipinski definition) is 1.